The predicted molar refractivity (Wildman–Crippen MR) is 109 cm³/mol. The first kappa shape index (κ1) is 20.4. The van der Waals surface area contributed by atoms with Crippen molar-refractivity contribution in [2.45, 2.75) is 50.0 Å². The molecule has 0 aliphatic heterocycles. The standard InChI is InChI=1S/C21H26N2O4S/c1-16-7-9-17(10-8-16)22-21(24)15-27-19-11-13-20(14-12-19)28(25,26)23-18-5-3-2-4-6-18/h7-14,18,23H,2-6,15H2,1H3,(H,22,24). The highest BCUT2D eigenvalue weighted by molar-refractivity contribution is 7.89. The minimum atomic E-state index is -3.54. The van der Waals surface area contributed by atoms with Crippen molar-refractivity contribution in [3.8, 4) is 5.75 Å². The Morgan fingerprint density at radius 2 is 1.64 bits per heavy atom. The Labute approximate surface area is 166 Å². The van der Waals surface area contributed by atoms with Crippen LogP contribution in [0.2, 0.25) is 0 Å². The molecule has 1 saturated carbocycles. The average molecular weight is 403 g/mol. The van der Waals surface area contributed by atoms with Gasteiger partial charge in [0.25, 0.3) is 5.91 Å². The van der Waals surface area contributed by atoms with Gasteiger partial charge in [0.1, 0.15) is 5.75 Å². The fourth-order valence-electron chi connectivity index (χ4n) is 3.21. The van der Waals surface area contributed by atoms with Crippen molar-refractivity contribution >= 4 is 21.6 Å². The van der Waals surface area contributed by atoms with Crippen LogP contribution in [0.4, 0.5) is 5.69 Å². The first-order valence-corrected chi connectivity index (χ1v) is 11.0. The number of nitrogens with one attached hydrogen (secondary N) is 2. The van der Waals surface area contributed by atoms with E-state index < -0.39 is 10.0 Å². The second-order valence-corrected chi connectivity index (χ2v) is 8.84. The molecule has 0 spiro atoms. The van der Waals surface area contributed by atoms with Crippen LogP contribution in [0, 0.1) is 6.92 Å². The summed E-state index contributed by atoms with van der Waals surface area (Å²) in [6, 6.07) is 13.6. The Morgan fingerprint density at radius 3 is 2.29 bits per heavy atom. The smallest absolute Gasteiger partial charge is 0.262 e. The van der Waals surface area contributed by atoms with Crippen LogP contribution in [0.5, 0.6) is 5.75 Å². The van der Waals surface area contributed by atoms with Crippen LogP contribution in [0.1, 0.15) is 37.7 Å². The van der Waals surface area contributed by atoms with Crippen LogP contribution < -0.4 is 14.8 Å². The number of hydrogen-bond donors (Lipinski definition) is 2. The Morgan fingerprint density at radius 1 is 1.00 bits per heavy atom. The summed E-state index contributed by atoms with van der Waals surface area (Å²) in [6.45, 7) is 1.82. The van der Waals surface area contributed by atoms with E-state index in [1.807, 2.05) is 31.2 Å². The molecule has 0 aromatic heterocycles. The van der Waals surface area contributed by atoms with Gasteiger partial charge in [-0.15, -0.1) is 0 Å². The molecule has 7 heteroatoms. The SMILES string of the molecule is Cc1ccc(NC(=O)COc2ccc(S(=O)(=O)NC3CCCCC3)cc2)cc1. The number of ether oxygens (including phenoxy) is 1. The molecule has 6 nitrogen and oxygen atoms in total. The van der Waals surface area contributed by atoms with E-state index in [9.17, 15) is 13.2 Å². The largest absolute Gasteiger partial charge is 0.484 e. The molecule has 0 unspecified atom stereocenters. The highest BCUT2D eigenvalue weighted by atomic mass is 32.2. The number of anilines is 1. The number of hydrogen-bond acceptors (Lipinski definition) is 4. The van der Waals surface area contributed by atoms with Crippen LogP contribution in [-0.4, -0.2) is 27.0 Å². The number of amides is 1. The van der Waals surface area contributed by atoms with Gasteiger partial charge in [0, 0.05) is 11.7 Å². The van der Waals surface area contributed by atoms with Crippen molar-refractivity contribution in [2.24, 2.45) is 0 Å². The maximum Gasteiger partial charge on any atom is 0.262 e. The van der Waals surface area contributed by atoms with Crippen molar-refractivity contribution in [3.63, 3.8) is 0 Å². The summed E-state index contributed by atoms with van der Waals surface area (Å²) in [5, 5.41) is 2.75. The summed E-state index contributed by atoms with van der Waals surface area (Å²) in [7, 11) is -3.54. The van der Waals surface area contributed by atoms with Gasteiger partial charge in [-0.3, -0.25) is 4.79 Å². The van der Waals surface area contributed by atoms with Crippen LogP contribution in [0.15, 0.2) is 53.4 Å². The monoisotopic (exact) mass is 402 g/mol. The second-order valence-electron chi connectivity index (χ2n) is 7.13. The quantitative estimate of drug-likeness (QED) is 0.741. The average Bonchev–Trinajstić information content (AvgIpc) is 2.69. The molecule has 2 aromatic rings. The first-order valence-electron chi connectivity index (χ1n) is 9.54. The lowest BCUT2D eigenvalue weighted by Crippen LogP contribution is -2.36. The van der Waals surface area contributed by atoms with E-state index in [0.717, 1.165) is 31.2 Å². The normalized spacial score (nSPS) is 15.2. The summed E-state index contributed by atoms with van der Waals surface area (Å²) >= 11 is 0. The summed E-state index contributed by atoms with van der Waals surface area (Å²) in [5.74, 6) is 0.162. The Hall–Kier alpha value is -2.38. The molecule has 28 heavy (non-hydrogen) atoms. The highest BCUT2D eigenvalue weighted by Crippen LogP contribution is 2.21. The zero-order chi connectivity index (χ0) is 20.0. The summed E-state index contributed by atoms with van der Waals surface area (Å²) < 4.78 is 33.2. The number of carbonyl (C=O) groups is 1. The third-order valence-electron chi connectivity index (χ3n) is 4.77. The van der Waals surface area contributed by atoms with Crippen LogP contribution >= 0.6 is 0 Å². The lowest BCUT2D eigenvalue weighted by atomic mass is 9.96. The van der Waals surface area contributed by atoms with Gasteiger partial charge < -0.3 is 10.1 Å². The van der Waals surface area contributed by atoms with Crippen LogP contribution in [0.3, 0.4) is 0 Å². The Kier molecular flexibility index (Phi) is 6.70. The van der Waals surface area contributed by atoms with Crippen LogP contribution in [0.25, 0.3) is 0 Å². The summed E-state index contributed by atoms with van der Waals surface area (Å²) in [6.07, 6.45) is 5.06. The van der Waals surface area contributed by atoms with E-state index in [0.29, 0.717) is 11.4 Å². The van der Waals surface area contributed by atoms with Crippen molar-refractivity contribution in [3.05, 3.63) is 54.1 Å². The van der Waals surface area contributed by atoms with Crippen molar-refractivity contribution in [2.75, 3.05) is 11.9 Å². The summed E-state index contributed by atoms with van der Waals surface area (Å²) in [4.78, 5) is 12.2. The van der Waals surface area contributed by atoms with E-state index >= 15 is 0 Å². The van der Waals surface area contributed by atoms with Gasteiger partial charge in [-0.1, -0.05) is 37.0 Å². The van der Waals surface area contributed by atoms with E-state index in [2.05, 4.69) is 10.0 Å². The molecule has 150 valence electrons. The van der Waals surface area contributed by atoms with Gasteiger partial charge in [-0.2, -0.15) is 0 Å². The van der Waals surface area contributed by atoms with Crippen molar-refractivity contribution < 1.29 is 17.9 Å². The Bertz CT molecular complexity index is 887. The molecule has 0 saturated heterocycles. The molecule has 2 N–H and O–H groups in total. The van der Waals surface area contributed by atoms with E-state index in [1.165, 1.54) is 18.6 Å². The summed E-state index contributed by atoms with van der Waals surface area (Å²) in [5.41, 5.74) is 1.82. The van der Waals surface area contributed by atoms with Gasteiger partial charge in [-0.05, 0) is 56.2 Å². The lowest BCUT2D eigenvalue weighted by molar-refractivity contribution is -0.118. The molecule has 1 aliphatic carbocycles. The number of benzene rings is 2. The van der Waals surface area contributed by atoms with Gasteiger partial charge in [0.15, 0.2) is 6.61 Å². The molecule has 2 aromatic carbocycles. The fourth-order valence-corrected chi connectivity index (χ4v) is 4.51. The molecule has 0 radical (unpaired) electrons. The lowest BCUT2D eigenvalue weighted by Gasteiger charge is -2.22. The van der Waals surface area contributed by atoms with Gasteiger partial charge in [-0.25, -0.2) is 13.1 Å². The third-order valence-corrected chi connectivity index (χ3v) is 6.30. The number of rotatable bonds is 7. The van der Waals surface area contributed by atoms with E-state index in [-0.39, 0.29) is 23.5 Å². The van der Waals surface area contributed by atoms with Gasteiger partial charge >= 0.3 is 0 Å². The highest BCUT2D eigenvalue weighted by Gasteiger charge is 2.21. The first-order chi connectivity index (χ1) is 13.4. The predicted octanol–water partition coefficient (Wildman–Crippen LogP) is 3.62. The van der Waals surface area contributed by atoms with E-state index in [4.69, 9.17) is 4.74 Å². The Balaban J connectivity index is 1.52. The minimum absolute atomic E-state index is 0.0140. The van der Waals surface area contributed by atoms with Gasteiger partial charge in [0.2, 0.25) is 10.0 Å². The number of sulfonamides is 1. The zero-order valence-corrected chi connectivity index (χ0v) is 16.8. The molecule has 0 heterocycles. The second kappa shape index (κ2) is 9.21. The zero-order valence-electron chi connectivity index (χ0n) is 16.0. The molecular weight excluding hydrogens is 376 g/mol. The van der Waals surface area contributed by atoms with Gasteiger partial charge in [0.05, 0.1) is 4.90 Å². The molecule has 0 atom stereocenters. The van der Waals surface area contributed by atoms with Crippen molar-refractivity contribution in [1.82, 2.24) is 4.72 Å². The maximum atomic E-state index is 12.5. The molecule has 1 fully saturated rings. The van der Waals surface area contributed by atoms with E-state index in [1.54, 1.807) is 12.1 Å². The molecule has 1 aliphatic rings. The van der Waals surface area contributed by atoms with Crippen molar-refractivity contribution in [1.29, 1.82) is 0 Å². The molecule has 0 bridgehead atoms. The number of aryl methyl sites for hydroxylation is 1. The molecule has 1 amide bonds. The minimum Gasteiger partial charge on any atom is -0.484 e. The maximum absolute atomic E-state index is 12.5. The van der Waals surface area contributed by atoms with Crippen LogP contribution in [-0.2, 0) is 14.8 Å². The molecule has 3 rings (SSSR count). The topological polar surface area (TPSA) is 84.5 Å². The number of carbonyl (C=O) groups excluding carboxylic acids is 1. The third kappa shape index (κ3) is 5.81. The fraction of sp³-hybridized carbons (Fsp3) is 0.381. The molecular formula is C21H26N2O4S.